The average molecular weight is 397 g/mol. The van der Waals surface area contributed by atoms with Crippen molar-refractivity contribution >= 4 is 17.3 Å². The van der Waals surface area contributed by atoms with Crippen LogP contribution >= 0.6 is 0 Å². The van der Waals surface area contributed by atoms with Gasteiger partial charge in [-0.1, -0.05) is 18.2 Å². The van der Waals surface area contributed by atoms with Crippen molar-refractivity contribution in [1.29, 1.82) is 0 Å². The number of benzene rings is 2. The Kier molecular flexibility index (Phi) is 6.80. The molecule has 0 radical (unpaired) electrons. The van der Waals surface area contributed by atoms with Gasteiger partial charge in [-0.2, -0.15) is 13.2 Å². The number of hydrogen-bond donors (Lipinski definition) is 2. The highest BCUT2D eigenvalue weighted by atomic mass is 19.4. The number of alkyl halides is 3. The lowest BCUT2D eigenvalue weighted by Gasteiger charge is -2.11. The number of rotatable bonds is 8. The summed E-state index contributed by atoms with van der Waals surface area (Å²) in [6.45, 7) is 0.232. The van der Waals surface area contributed by atoms with Gasteiger partial charge < -0.3 is 15.4 Å². The van der Waals surface area contributed by atoms with Gasteiger partial charge in [-0.05, 0) is 18.2 Å². The molecule has 2 aromatic carbocycles. The maximum atomic E-state index is 12.7. The fourth-order valence-corrected chi connectivity index (χ4v) is 2.49. The molecular weight excluding hydrogens is 379 g/mol. The van der Waals surface area contributed by atoms with Gasteiger partial charge in [0.2, 0.25) is 5.91 Å². The Hall–Kier alpha value is -3.30. The van der Waals surface area contributed by atoms with Crippen LogP contribution in [0, 0.1) is 10.1 Å². The standard InChI is InChI=1S/C18H18F3N3O4/c1-28-16-5-3-2-4-12(16)10-17(25)23-9-8-22-14-7-6-13(18(19,20)21)11-15(14)24(26)27/h2-7,11,22H,8-10H2,1H3,(H,23,25). The van der Waals surface area contributed by atoms with E-state index in [4.69, 9.17) is 4.74 Å². The van der Waals surface area contributed by atoms with Gasteiger partial charge in [-0.15, -0.1) is 0 Å². The first kappa shape index (κ1) is 21.0. The van der Waals surface area contributed by atoms with Crippen LogP contribution in [0.15, 0.2) is 42.5 Å². The predicted octanol–water partition coefficient (Wildman–Crippen LogP) is 3.39. The number of halogens is 3. The fraction of sp³-hybridized carbons (Fsp3) is 0.278. The number of nitrogens with zero attached hydrogens (tertiary/aromatic N) is 1. The van der Waals surface area contributed by atoms with Gasteiger partial charge >= 0.3 is 6.18 Å². The van der Waals surface area contributed by atoms with Crippen molar-refractivity contribution in [3.63, 3.8) is 0 Å². The Labute approximate surface area is 158 Å². The molecule has 0 saturated heterocycles. The molecule has 2 N–H and O–H groups in total. The fourth-order valence-electron chi connectivity index (χ4n) is 2.49. The molecule has 2 rings (SSSR count). The summed E-state index contributed by atoms with van der Waals surface area (Å²) in [5.41, 5.74) is -1.14. The van der Waals surface area contributed by atoms with Crippen LogP contribution in [0.1, 0.15) is 11.1 Å². The summed E-state index contributed by atoms with van der Waals surface area (Å²) in [6.07, 6.45) is -4.58. The zero-order valence-corrected chi connectivity index (χ0v) is 14.9. The molecule has 28 heavy (non-hydrogen) atoms. The molecule has 0 aliphatic rings. The first-order valence-electron chi connectivity index (χ1n) is 8.20. The Morgan fingerprint density at radius 1 is 1.18 bits per heavy atom. The van der Waals surface area contributed by atoms with Crippen LogP contribution in [0.4, 0.5) is 24.5 Å². The summed E-state index contributed by atoms with van der Waals surface area (Å²) in [4.78, 5) is 22.1. The second-order valence-corrected chi connectivity index (χ2v) is 5.75. The van der Waals surface area contributed by atoms with Crippen molar-refractivity contribution in [3.05, 3.63) is 63.7 Å². The number of nitrogens with one attached hydrogen (secondary N) is 2. The molecule has 0 aliphatic carbocycles. The average Bonchev–Trinajstić information content (AvgIpc) is 2.64. The van der Waals surface area contributed by atoms with Gasteiger partial charge in [0, 0.05) is 24.7 Å². The summed E-state index contributed by atoms with van der Waals surface area (Å²) in [5, 5.41) is 16.3. The highest BCUT2D eigenvalue weighted by Crippen LogP contribution is 2.34. The third-order valence-corrected chi connectivity index (χ3v) is 3.83. The molecule has 7 nitrogen and oxygen atoms in total. The highest BCUT2D eigenvalue weighted by molar-refractivity contribution is 5.79. The Morgan fingerprint density at radius 3 is 2.54 bits per heavy atom. The summed E-state index contributed by atoms with van der Waals surface area (Å²) in [6, 6.07) is 9.27. The van der Waals surface area contributed by atoms with E-state index in [0.29, 0.717) is 17.4 Å². The number of nitro benzene ring substituents is 1. The number of para-hydroxylation sites is 1. The van der Waals surface area contributed by atoms with Crippen molar-refractivity contribution in [2.45, 2.75) is 12.6 Å². The maximum Gasteiger partial charge on any atom is 0.416 e. The number of hydrogen-bond acceptors (Lipinski definition) is 5. The quantitative estimate of drug-likeness (QED) is 0.405. The monoisotopic (exact) mass is 397 g/mol. The van der Waals surface area contributed by atoms with E-state index in [1.807, 2.05) is 0 Å². The van der Waals surface area contributed by atoms with Crippen molar-refractivity contribution in [1.82, 2.24) is 5.32 Å². The Balaban J connectivity index is 1.91. The van der Waals surface area contributed by atoms with E-state index in [9.17, 15) is 28.1 Å². The number of amides is 1. The van der Waals surface area contributed by atoms with Gasteiger partial charge in [0.05, 0.1) is 24.0 Å². The molecule has 2 aromatic rings. The van der Waals surface area contributed by atoms with E-state index < -0.39 is 22.4 Å². The number of carbonyl (C=O) groups is 1. The minimum atomic E-state index is -4.67. The van der Waals surface area contributed by atoms with Crippen LogP contribution in [0.3, 0.4) is 0 Å². The first-order chi connectivity index (χ1) is 13.2. The molecule has 0 fully saturated rings. The molecule has 1 amide bonds. The van der Waals surface area contributed by atoms with Gasteiger partial charge in [0.25, 0.3) is 5.69 Å². The second-order valence-electron chi connectivity index (χ2n) is 5.75. The van der Waals surface area contributed by atoms with Crippen molar-refractivity contribution in [2.75, 3.05) is 25.5 Å². The third kappa shape index (κ3) is 5.60. The van der Waals surface area contributed by atoms with Gasteiger partial charge in [0.15, 0.2) is 0 Å². The van der Waals surface area contributed by atoms with Crippen LogP contribution in [-0.4, -0.2) is 31.0 Å². The molecule has 0 unspecified atom stereocenters. The second kappa shape index (κ2) is 9.07. The minimum absolute atomic E-state index is 0.0584. The van der Waals surface area contributed by atoms with Crippen LogP contribution < -0.4 is 15.4 Å². The van der Waals surface area contributed by atoms with Crippen molar-refractivity contribution < 1.29 is 27.6 Å². The van der Waals surface area contributed by atoms with Crippen molar-refractivity contribution in [3.8, 4) is 5.75 Å². The summed E-state index contributed by atoms with van der Waals surface area (Å²) in [7, 11) is 1.50. The van der Waals surface area contributed by atoms with E-state index in [1.54, 1.807) is 24.3 Å². The number of methoxy groups -OCH3 is 1. The lowest BCUT2D eigenvalue weighted by Crippen LogP contribution is -2.30. The first-order valence-corrected chi connectivity index (χ1v) is 8.20. The van der Waals surface area contributed by atoms with E-state index in [0.717, 1.165) is 12.1 Å². The van der Waals surface area contributed by atoms with Gasteiger partial charge in [0.1, 0.15) is 11.4 Å². The normalized spacial score (nSPS) is 11.0. The van der Waals surface area contributed by atoms with Crippen LogP contribution in [-0.2, 0) is 17.4 Å². The molecule has 0 aliphatic heterocycles. The largest absolute Gasteiger partial charge is 0.496 e. The molecule has 0 bridgehead atoms. The molecule has 0 aromatic heterocycles. The summed E-state index contributed by atoms with van der Waals surface area (Å²) >= 11 is 0. The topological polar surface area (TPSA) is 93.5 Å². The molecule has 0 heterocycles. The van der Waals surface area contributed by atoms with E-state index >= 15 is 0 Å². The molecule has 150 valence electrons. The number of anilines is 1. The minimum Gasteiger partial charge on any atom is -0.496 e. The number of ether oxygens (including phenoxy) is 1. The molecule has 0 saturated carbocycles. The van der Waals surface area contributed by atoms with Crippen LogP contribution in [0.25, 0.3) is 0 Å². The Bertz CT molecular complexity index is 856. The van der Waals surface area contributed by atoms with Crippen LogP contribution in [0.2, 0.25) is 0 Å². The molecule has 0 spiro atoms. The molecule has 10 heteroatoms. The molecular formula is C18H18F3N3O4. The Morgan fingerprint density at radius 2 is 1.89 bits per heavy atom. The summed E-state index contributed by atoms with van der Waals surface area (Å²) < 4.78 is 43.2. The number of carbonyl (C=O) groups excluding carboxylic acids is 1. The number of nitro groups is 1. The summed E-state index contributed by atoms with van der Waals surface area (Å²) in [5.74, 6) is 0.296. The predicted molar refractivity (Wildman–Crippen MR) is 96.3 cm³/mol. The lowest BCUT2D eigenvalue weighted by molar-refractivity contribution is -0.384. The SMILES string of the molecule is COc1ccccc1CC(=O)NCCNc1ccc(C(F)(F)F)cc1[N+](=O)[O-]. The van der Waals surface area contributed by atoms with Crippen molar-refractivity contribution in [2.24, 2.45) is 0 Å². The third-order valence-electron chi connectivity index (χ3n) is 3.83. The van der Waals surface area contributed by atoms with E-state index in [1.165, 1.54) is 7.11 Å². The zero-order valence-electron chi connectivity index (χ0n) is 14.9. The van der Waals surface area contributed by atoms with E-state index in [-0.39, 0.29) is 31.1 Å². The van der Waals surface area contributed by atoms with Crippen LogP contribution in [0.5, 0.6) is 5.75 Å². The highest BCUT2D eigenvalue weighted by Gasteiger charge is 2.32. The molecule has 0 atom stereocenters. The maximum absolute atomic E-state index is 12.7. The zero-order chi connectivity index (χ0) is 20.7. The van der Waals surface area contributed by atoms with Gasteiger partial charge in [-0.3, -0.25) is 14.9 Å². The lowest BCUT2D eigenvalue weighted by atomic mass is 10.1. The van der Waals surface area contributed by atoms with E-state index in [2.05, 4.69) is 10.6 Å². The smallest absolute Gasteiger partial charge is 0.416 e. The van der Waals surface area contributed by atoms with Gasteiger partial charge in [-0.25, -0.2) is 0 Å².